The summed E-state index contributed by atoms with van der Waals surface area (Å²) in [7, 11) is 0. The lowest BCUT2D eigenvalue weighted by Crippen LogP contribution is -2.28. The van der Waals surface area contributed by atoms with E-state index in [0.29, 0.717) is 11.8 Å². The lowest BCUT2D eigenvalue weighted by molar-refractivity contribution is -0.0606. The first kappa shape index (κ1) is 18.4. The minimum Gasteiger partial charge on any atom is -0.399 e. The third-order valence-electron chi connectivity index (χ3n) is 6.42. The monoisotopic (exact) mass is 364 g/mol. The van der Waals surface area contributed by atoms with Gasteiger partial charge in [-0.2, -0.15) is 0 Å². The van der Waals surface area contributed by atoms with Gasteiger partial charge in [-0.25, -0.2) is 0 Å². The first-order chi connectivity index (χ1) is 12.9. The Kier molecular flexibility index (Phi) is 4.67. The normalized spacial score (nSPS) is 21.4. The summed E-state index contributed by atoms with van der Waals surface area (Å²) in [6.45, 7) is 4.62. The Balaban J connectivity index is 1.37. The molecule has 0 saturated heterocycles. The highest BCUT2D eigenvalue weighted by Crippen LogP contribution is 2.57. The van der Waals surface area contributed by atoms with E-state index in [9.17, 15) is 0 Å². The molecule has 2 atom stereocenters. The van der Waals surface area contributed by atoms with Crippen LogP contribution in [0.4, 0.5) is 11.4 Å². The second-order valence-corrected chi connectivity index (χ2v) is 9.01. The Morgan fingerprint density at radius 2 is 1.04 bits per heavy atom. The van der Waals surface area contributed by atoms with Crippen LogP contribution in [0.3, 0.4) is 0 Å². The van der Waals surface area contributed by atoms with Crippen molar-refractivity contribution in [2.75, 3.05) is 11.5 Å². The number of nitrogen functional groups attached to an aromatic ring is 2. The molecule has 2 aliphatic rings. The first-order valence-electron chi connectivity index (χ1n) is 10.3. The topological polar surface area (TPSA) is 61.3 Å². The van der Waals surface area contributed by atoms with Gasteiger partial charge in [0.25, 0.3) is 0 Å². The predicted molar refractivity (Wildman–Crippen MR) is 113 cm³/mol. The van der Waals surface area contributed by atoms with Crippen molar-refractivity contribution in [3.63, 3.8) is 0 Å². The highest BCUT2D eigenvalue weighted by Gasteiger charge is 2.55. The Hall–Kier alpha value is -2.00. The second kappa shape index (κ2) is 6.87. The summed E-state index contributed by atoms with van der Waals surface area (Å²) in [5.41, 5.74) is 16.2. The molecule has 27 heavy (non-hydrogen) atoms. The molecule has 3 heteroatoms. The molecule has 2 aromatic carbocycles. The summed E-state index contributed by atoms with van der Waals surface area (Å²) in [6.07, 6.45) is 7.01. The fraction of sp³-hybridized carbons (Fsp3) is 0.500. The van der Waals surface area contributed by atoms with Crippen LogP contribution in [0.15, 0.2) is 48.5 Å². The second-order valence-electron chi connectivity index (χ2n) is 9.01. The quantitative estimate of drug-likeness (QED) is 0.598. The molecule has 3 nitrogen and oxygen atoms in total. The van der Waals surface area contributed by atoms with Gasteiger partial charge in [-0.1, -0.05) is 38.1 Å². The van der Waals surface area contributed by atoms with Gasteiger partial charge >= 0.3 is 0 Å². The molecule has 0 bridgehead atoms. The number of hydrogen-bond donors (Lipinski definition) is 2. The SMILES string of the molecule is CC(CC1(OC2(CC(C)c3ccc(N)cc3)CC2)CC1)c1ccc(N)cc1. The Labute approximate surface area is 163 Å². The molecular formula is C24H32N2O. The van der Waals surface area contributed by atoms with Gasteiger partial charge in [0.15, 0.2) is 0 Å². The average Bonchev–Trinajstić information content (AvgIpc) is 3.56. The summed E-state index contributed by atoms with van der Waals surface area (Å²) in [5.74, 6) is 0.997. The molecule has 0 radical (unpaired) electrons. The molecule has 0 aromatic heterocycles. The third kappa shape index (κ3) is 4.30. The Morgan fingerprint density at radius 1 is 0.704 bits per heavy atom. The van der Waals surface area contributed by atoms with Crippen LogP contribution in [0.1, 0.15) is 75.3 Å². The van der Waals surface area contributed by atoms with E-state index in [2.05, 4.69) is 38.1 Å². The standard InChI is InChI=1S/C24H32N2O/c1-17(19-3-7-21(25)8-4-19)15-23(11-12-23)27-24(13-14-24)16-18(2)20-5-9-22(26)10-6-20/h3-10,17-18H,11-16,25-26H2,1-2H3. The van der Waals surface area contributed by atoms with Gasteiger partial charge in [0.05, 0.1) is 11.2 Å². The van der Waals surface area contributed by atoms with Crippen molar-refractivity contribution in [2.24, 2.45) is 0 Å². The van der Waals surface area contributed by atoms with Gasteiger partial charge in [0, 0.05) is 11.4 Å². The zero-order chi connectivity index (χ0) is 19.1. The molecule has 4 N–H and O–H groups in total. The van der Waals surface area contributed by atoms with E-state index in [1.807, 2.05) is 24.3 Å². The summed E-state index contributed by atoms with van der Waals surface area (Å²) in [6, 6.07) is 16.6. The molecule has 0 heterocycles. The summed E-state index contributed by atoms with van der Waals surface area (Å²) in [4.78, 5) is 0. The zero-order valence-corrected chi connectivity index (χ0v) is 16.6. The molecule has 0 spiro atoms. The number of nitrogens with two attached hydrogens (primary N) is 2. The van der Waals surface area contributed by atoms with E-state index in [-0.39, 0.29) is 11.2 Å². The fourth-order valence-corrected chi connectivity index (χ4v) is 4.43. The van der Waals surface area contributed by atoms with Crippen LogP contribution in [0.2, 0.25) is 0 Å². The summed E-state index contributed by atoms with van der Waals surface area (Å²) >= 11 is 0. The molecule has 2 aliphatic carbocycles. The molecule has 2 saturated carbocycles. The number of hydrogen-bond acceptors (Lipinski definition) is 3. The van der Waals surface area contributed by atoms with Crippen molar-refractivity contribution in [1.29, 1.82) is 0 Å². The predicted octanol–water partition coefficient (Wildman–Crippen LogP) is 5.62. The van der Waals surface area contributed by atoms with E-state index in [0.717, 1.165) is 24.2 Å². The fourth-order valence-electron chi connectivity index (χ4n) is 4.43. The van der Waals surface area contributed by atoms with Crippen molar-refractivity contribution in [3.8, 4) is 0 Å². The highest BCUT2D eigenvalue weighted by molar-refractivity contribution is 5.41. The van der Waals surface area contributed by atoms with Gasteiger partial charge in [-0.15, -0.1) is 0 Å². The van der Waals surface area contributed by atoms with Crippen LogP contribution >= 0.6 is 0 Å². The molecule has 4 rings (SSSR count). The van der Waals surface area contributed by atoms with Crippen LogP contribution in [-0.2, 0) is 4.74 Å². The number of ether oxygens (including phenoxy) is 1. The molecule has 2 fully saturated rings. The van der Waals surface area contributed by atoms with Crippen molar-refractivity contribution in [3.05, 3.63) is 59.7 Å². The Morgan fingerprint density at radius 3 is 1.33 bits per heavy atom. The average molecular weight is 365 g/mol. The van der Waals surface area contributed by atoms with Gasteiger partial charge in [-0.05, 0) is 85.8 Å². The smallest absolute Gasteiger partial charge is 0.0698 e. The van der Waals surface area contributed by atoms with Crippen LogP contribution in [0.5, 0.6) is 0 Å². The van der Waals surface area contributed by atoms with Crippen molar-refractivity contribution in [2.45, 2.75) is 75.4 Å². The van der Waals surface area contributed by atoms with Gasteiger partial charge in [0.1, 0.15) is 0 Å². The number of anilines is 2. The minimum absolute atomic E-state index is 0.0954. The molecule has 0 amide bonds. The Bertz CT molecular complexity index is 706. The zero-order valence-electron chi connectivity index (χ0n) is 16.6. The highest BCUT2D eigenvalue weighted by atomic mass is 16.5. The van der Waals surface area contributed by atoms with E-state index in [4.69, 9.17) is 16.2 Å². The number of rotatable bonds is 8. The first-order valence-corrected chi connectivity index (χ1v) is 10.3. The van der Waals surface area contributed by atoms with Crippen molar-refractivity contribution < 1.29 is 4.74 Å². The van der Waals surface area contributed by atoms with Gasteiger partial charge < -0.3 is 16.2 Å². The minimum atomic E-state index is 0.0954. The van der Waals surface area contributed by atoms with E-state index >= 15 is 0 Å². The van der Waals surface area contributed by atoms with Crippen LogP contribution in [0, 0.1) is 0 Å². The van der Waals surface area contributed by atoms with Crippen LogP contribution in [0.25, 0.3) is 0 Å². The van der Waals surface area contributed by atoms with Crippen molar-refractivity contribution in [1.82, 2.24) is 0 Å². The molecule has 144 valence electrons. The largest absolute Gasteiger partial charge is 0.399 e. The van der Waals surface area contributed by atoms with Gasteiger partial charge in [-0.3, -0.25) is 0 Å². The maximum absolute atomic E-state index is 6.83. The van der Waals surface area contributed by atoms with Crippen LogP contribution in [-0.4, -0.2) is 11.2 Å². The van der Waals surface area contributed by atoms with E-state index in [1.54, 1.807) is 0 Å². The summed E-state index contributed by atoms with van der Waals surface area (Å²) in [5, 5.41) is 0. The van der Waals surface area contributed by atoms with Crippen molar-refractivity contribution >= 4 is 11.4 Å². The lowest BCUT2D eigenvalue weighted by atomic mass is 9.92. The number of benzene rings is 2. The lowest BCUT2D eigenvalue weighted by Gasteiger charge is -2.29. The summed E-state index contributed by atoms with van der Waals surface area (Å²) < 4.78 is 6.83. The van der Waals surface area contributed by atoms with Gasteiger partial charge in [0.2, 0.25) is 0 Å². The van der Waals surface area contributed by atoms with Crippen LogP contribution < -0.4 is 11.5 Å². The third-order valence-corrected chi connectivity index (χ3v) is 6.42. The van der Waals surface area contributed by atoms with E-state index in [1.165, 1.54) is 36.8 Å². The molecular weight excluding hydrogens is 332 g/mol. The maximum atomic E-state index is 6.83. The maximum Gasteiger partial charge on any atom is 0.0698 e. The molecule has 0 aliphatic heterocycles. The molecule has 2 aromatic rings. The van der Waals surface area contributed by atoms with E-state index < -0.39 is 0 Å². The molecule has 2 unspecified atom stereocenters.